The average Bonchev–Trinajstić information content (AvgIpc) is 3.17. The van der Waals surface area contributed by atoms with E-state index < -0.39 is 34.5 Å². The maximum atomic E-state index is 13.5. The van der Waals surface area contributed by atoms with Gasteiger partial charge in [0.2, 0.25) is 5.91 Å². The lowest BCUT2D eigenvalue weighted by Crippen LogP contribution is -2.49. The number of halogens is 3. The molecule has 34 heavy (non-hydrogen) atoms. The summed E-state index contributed by atoms with van der Waals surface area (Å²) in [4.78, 5) is 32.8. The third kappa shape index (κ3) is 4.18. The first-order chi connectivity index (χ1) is 16.1. The van der Waals surface area contributed by atoms with E-state index in [1.807, 2.05) is 6.92 Å². The van der Waals surface area contributed by atoms with Crippen LogP contribution < -0.4 is 10.6 Å². The normalized spacial score (nSPS) is 19.8. The summed E-state index contributed by atoms with van der Waals surface area (Å²) in [6.45, 7) is 3.19. The summed E-state index contributed by atoms with van der Waals surface area (Å²) >= 11 is 0. The molecule has 1 aromatic carbocycles. The monoisotopic (exact) mass is 471 g/mol. The Morgan fingerprint density at radius 2 is 1.94 bits per heavy atom. The number of alkyl halides is 3. The molecule has 3 heterocycles. The molecule has 1 aromatic heterocycles. The van der Waals surface area contributed by atoms with Crippen molar-refractivity contribution in [2.75, 3.05) is 31.1 Å². The predicted molar refractivity (Wildman–Crippen MR) is 118 cm³/mol. The van der Waals surface area contributed by atoms with Gasteiger partial charge in [-0.3, -0.25) is 14.6 Å². The van der Waals surface area contributed by atoms with Gasteiger partial charge in [-0.15, -0.1) is 0 Å². The zero-order valence-electron chi connectivity index (χ0n) is 18.6. The van der Waals surface area contributed by atoms with Crippen molar-refractivity contribution in [2.45, 2.75) is 25.9 Å². The molecule has 2 saturated heterocycles. The van der Waals surface area contributed by atoms with Crippen LogP contribution in [-0.2, 0) is 11.0 Å². The summed E-state index contributed by atoms with van der Waals surface area (Å²) in [5.41, 5.74) is 5.36. The minimum absolute atomic E-state index is 0.132. The van der Waals surface area contributed by atoms with E-state index in [0.29, 0.717) is 43.7 Å². The fourth-order valence-electron chi connectivity index (χ4n) is 5.14. The molecule has 0 aliphatic carbocycles. The van der Waals surface area contributed by atoms with E-state index in [1.54, 1.807) is 28.1 Å². The van der Waals surface area contributed by atoms with Crippen molar-refractivity contribution in [3.05, 3.63) is 58.9 Å². The Morgan fingerprint density at radius 1 is 1.24 bits per heavy atom. The number of aromatic nitrogens is 1. The average molecular weight is 471 g/mol. The van der Waals surface area contributed by atoms with Crippen molar-refractivity contribution in [3.63, 3.8) is 0 Å². The maximum absolute atomic E-state index is 13.5. The molecule has 7 nitrogen and oxygen atoms in total. The largest absolute Gasteiger partial charge is 0.417 e. The summed E-state index contributed by atoms with van der Waals surface area (Å²) in [5.74, 6) is -1.20. The molecule has 2 N–H and O–H groups in total. The molecule has 0 saturated carbocycles. The van der Waals surface area contributed by atoms with E-state index >= 15 is 0 Å². The van der Waals surface area contributed by atoms with Crippen LogP contribution in [0.25, 0.3) is 0 Å². The summed E-state index contributed by atoms with van der Waals surface area (Å²) in [5, 5.41) is 9.06. The first-order valence-electron chi connectivity index (χ1n) is 10.9. The van der Waals surface area contributed by atoms with Gasteiger partial charge in [0, 0.05) is 49.7 Å². The molecular weight excluding hydrogens is 447 g/mol. The van der Waals surface area contributed by atoms with Gasteiger partial charge < -0.3 is 15.5 Å². The fourth-order valence-corrected chi connectivity index (χ4v) is 5.14. The highest BCUT2D eigenvalue weighted by molar-refractivity contribution is 5.95. The Kier molecular flexibility index (Phi) is 5.98. The molecule has 0 radical (unpaired) electrons. The Hall–Kier alpha value is -3.61. The summed E-state index contributed by atoms with van der Waals surface area (Å²) < 4.78 is 40.4. The smallest absolute Gasteiger partial charge is 0.370 e. The standard InChI is InChI=1S/C24H24F3N5O2/c1-15-4-7-30-12-18(15)22(34)31-8-5-23(6-9-31)14-32(13-20(23)21(29)33)17-3-2-16(11-28)19(10-17)24(25,26)27/h2-4,7,10,12,20H,5-6,8-9,13-14H2,1H3,(H2,29,33). The van der Waals surface area contributed by atoms with Crippen molar-refractivity contribution in [1.29, 1.82) is 5.26 Å². The van der Waals surface area contributed by atoms with Crippen molar-refractivity contribution in [1.82, 2.24) is 9.88 Å². The summed E-state index contributed by atoms with van der Waals surface area (Å²) in [7, 11) is 0. The minimum Gasteiger partial charge on any atom is -0.370 e. The van der Waals surface area contributed by atoms with E-state index in [2.05, 4.69) is 4.98 Å². The van der Waals surface area contributed by atoms with Gasteiger partial charge in [-0.05, 0) is 49.6 Å². The molecule has 2 amide bonds. The second-order valence-electron chi connectivity index (χ2n) is 9.02. The van der Waals surface area contributed by atoms with Gasteiger partial charge >= 0.3 is 6.18 Å². The number of hydrogen-bond donors (Lipinski definition) is 1. The second kappa shape index (κ2) is 8.63. The number of benzene rings is 1. The number of carbonyl (C=O) groups excluding carboxylic acids is 2. The Morgan fingerprint density at radius 3 is 2.53 bits per heavy atom. The van der Waals surface area contributed by atoms with Crippen LogP contribution in [0.3, 0.4) is 0 Å². The molecular formula is C24H24F3N5O2. The molecule has 1 atom stereocenters. The number of nitrogens with zero attached hydrogens (tertiary/aromatic N) is 4. The molecule has 2 fully saturated rings. The number of hydrogen-bond acceptors (Lipinski definition) is 5. The summed E-state index contributed by atoms with van der Waals surface area (Å²) in [6.07, 6.45) is -0.503. The highest BCUT2D eigenvalue weighted by Crippen LogP contribution is 2.47. The van der Waals surface area contributed by atoms with E-state index in [1.165, 1.54) is 12.3 Å². The fraction of sp³-hybridized carbons (Fsp3) is 0.417. The Balaban J connectivity index is 1.56. The van der Waals surface area contributed by atoms with Crippen LogP contribution in [0, 0.1) is 29.6 Å². The van der Waals surface area contributed by atoms with E-state index in [4.69, 9.17) is 11.0 Å². The van der Waals surface area contributed by atoms with Gasteiger partial charge in [0.25, 0.3) is 5.91 Å². The Bertz CT molecular complexity index is 1170. The van der Waals surface area contributed by atoms with Crippen molar-refractivity contribution < 1.29 is 22.8 Å². The first kappa shape index (κ1) is 23.5. The molecule has 4 rings (SSSR count). The SMILES string of the molecule is Cc1ccncc1C(=O)N1CCC2(CC1)CN(c1ccc(C#N)c(C(F)(F)F)c1)CC2C(N)=O. The van der Waals surface area contributed by atoms with Gasteiger partial charge in [-0.25, -0.2) is 0 Å². The number of nitriles is 1. The zero-order valence-corrected chi connectivity index (χ0v) is 18.6. The van der Waals surface area contributed by atoms with Crippen LogP contribution in [0.4, 0.5) is 18.9 Å². The lowest BCUT2D eigenvalue weighted by molar-refractivity contribution is -0.137. The molecule has 2 aromatic rings. The number of nitrogens with two attached hydrogens (primary N) is 1. The van der Waals surface area contributed by atoms with Gasteiger partial charge in [-0.1, -0.05) is 0 Å². The number of carbonyl (C=O) groups is 2. The Labute approximate surface area is 195 Å². The topological polar surface area (TPSA) is 103 Å². The molecule has 0 bridgehead atoms. The van der Waals surface area contributed by atoms with E-state index in [-0.39, 0.29) is 12.5 Å². The number of pyridine rings is 1. The van der Waals surface area contributed by atoms with E-state index in [0.717, 1.165) is 17.7 Å². The molecule has 2 aliphatic rings. The van der Waals surface area contributed by atoms with Crippen LogP contribution in [0.15, 0.2) is 36.7 Å². The van der Waals surface area contributed by atoms with Gasteiger partial charge in [0.15, 0.2) is 0 Å². The lowest BCUT2D eigenvalue weighted by Gasteiger charge is -2.41. The molecule has 1 unspecified atom stereocenters. The van der Waals surface area contributed by atoms with Crippen LogP contribution in [0.5, 0.6) is 0 Å². The zero-order chi connectivity index (χ0) is 24.7. The third-order valence-electron chi connectivity index (χ3n) is 7.10. The van der Waals surface area contributed by atoms with Crippen LogP contribution >= 0.6 is 0 Å². The number of amides is 2. The first-order valence-corrected chi connectivity index (χ1v) is 10.9. The number of primary amides is 1. The van der Waals surface area contributed by atoms with Gasteiger partial charge in [0.1, 0.15) is 0 Å². The predicted octanol–water partition coefficient (Wildman–Crippen LogP) is 3.12. The van der Waals surface area contributed by atoms with Crippen LogP contribution in [-0.4, -0.2) is 47.9 Å². The third-order valence-corrected chi connectivity index (χ3v) is 7.10. The van der Waals surface area contributed by atoms with Crippen molar-refractivity contribution in [3.8, 4) is 6.07 Å². The molecule has 2 aliphatic heterocycles. The van der Waals surface area contributed by atoms with Gasteiger partial charge in [-0.2, -0.15) is 18.4 Å². The van der Waals surface area contributed by atoms with E-state index in [9.17, 15) is 22.8 Å². The molecule has 1 spiro atoms. The molecule has 10 heteroatoms. The quantitative estimate of drug-likeness (QED) is 0.741. The molecule has 178 valence electrons. The second-order valence-corrected chi connectivity index (χ2v) is 9.02. The number of anilines is 1. The van der Waals surface area contributed by atoms with Gasteiger partial charge in [0.05, 0.1) is 28.7 Å². The maximum Gasteiger partial charge on any atom is 0.417 e. The van der Waals surface area contributed by atoms with Crippen LogP contribution in [0.1, 0.15) is 39.9 Å². The highest BCUT2D eigenvalue weighted by Gasteiger charge is 2.51. The van der Waals surface area contributed by atoms with Crippen molar-refractivity contribution in [2.24, 2.45) is 17.1 Å². The minimum atomic E-state index is -4.67. The number of likely N-dealkylation sites (tertiary alicyclic amines) is 1. The number of rotatable bonds is 3. The number of piperidine rings is 1. The lowest BCUT2D eigenvalue weighted by atomic mass is 9.70. The number of aryl methyl sites for hydroxylation is 1. The highest BCUT2D eigenvalue weighted by atomic mass is 19.4. The summed E-state index contributed by atoms with van der Waals surface area (Å²) in [6, 6.07) is 6.93. The van der Waals surface area contributed by atoms with Crippen LogP contribution in [0.2, 0.25) is 0 Å². The van der Waals surface area contributed by atoms with Crippen molar-refractivity contribution >= 4 is 17.5 Å².